The Balaban J connectivity index is 1.66. The predicted molar refractivity (Wildman–Crippen MR) is 98.6 cm³/mol. The number of rotatable bonds is 5. The highest BCUT2D eigenvalue weighted by Crippen LogP contribution is 2.30. The van der Waals surface area contributed by atoms with Gasteiger partial charge in [0.05, 0.1) is 12.7 Å². The number of phenolic OH excluding ortho intramolecular Hbond substituents is 1. The molecule has 4 rings (SSSR count). The second-order valence-electron chi connectivity index (χ2n) is 6.28. The number of ether oxygens (including phenoxy) is 1. The van der Waals surface area contributed by atoms with Gasteiger partial charge in [0.1, 0.15) is 23.1 Å². The van der Waals surface area contributed by atoms with Gasteiger partial charge in [0.2, 0.25) is 11.8 Å². The lowest BCUT2D eigenvalue weighted by molar-refractivity contribution is -0.119. The summed E-state index contributed by atoms with van der Waals surface area (Å²) in [6, 6.07) is 10.3. The van der Waals surface area contributed by atoms with E-state index in [1.165, 1.54) is 6.92 Å². The number of aromatic nitrogens is 3. The van der Waals surface area contributed by atoms with Crippen LogP contribution in [0.15, 0.2) is 47.0 Å². The molecule has 1 amide bonds. The van der Waals surface area contributed by atoms with Crippen molar-refractivity contribution in [3.8, 4) is 23.1 Å². The van der Waals surface area contributed by atoms with Crippen molar-refractivity contribution in [2.24, 2.45) is 0 Å². The molecule has 3 heterocycles. The third-order valence-corrected chi connectivity index (χ3v) is 4.05. The molecule has 3 aromatic heterocycles. The Morgan fingerprint density at radius 1 is 1.33 bits per heavy atom. The molecule has 8 heteroatoms. The molecular weight excluding hydrogens is 348 g/mol. The second kappa shape index (κ2) is 6.64. The SMILES string of the molecule is CC(=O)NC[C@@H](C)Oc1ccc2ncc(-c3cc4ccc(O)cc4o3)n2n1. The molecule has 0 aliphatic carbocycles. The summed E-state index contributed by atoms with van der Waals surface area (Å²) in [5, 5.41) is 17.7. The summed E-state index contributed by atoms with van der Waals surface area (Å²) < 4.78 is 13.2. The fraction of sp³-hybridized carbons (Fsp3) is 0.211. The van der Waals surface area contributed by atoms with E-state index in [1.807, 2.05) is 13.0 Å². The van der Waals surface area contributed by atoms with Gasteiger partial charge in [0, 0.05) is 24.4 Å². The van der Waals surface area contributed by atoms with Gasteiger partial charge in [0.15, 0.2) is 11.4 Å². The van der Waals surface area contributed by atoms with Crippen LogP contribution < -0.4 is 10.1 Å². The molecule has 0 bridgehead atoms. The van der Waals surface area contributed by atoms with Gasteiger partial charge in [-0.05, 0) is 31.2 Å². The van der Waals surface area contributed by atoms with Crippen LogP contribution in [0.3, 0.4) is 0 Å². The Hall–Kier alpha value is -3.55. The Labute approximate surface area is 154 Å². The first-order chi connectivity index (χ1) is 13.0. The van der Waals surface area contributed by atoms with Crippen molar-refractivity contribution in [2.45, 2.75) is 20.0 Å². The van der Waals surface area contributed by atoms with Gasteiger partial charge in [0.25, 0.3) is 0 Å². The van der Waals surface area contributed by atoms with Gasteiger partial charge in [-0.3, -0.25) is 4.79 Å². The second-order valence-corrected chi connectivity index (χ2v) is 6.28. The molecule has 0 saturated heterocycles. The predicted octanol–water partition coefficient (Wildman–Crippen LogP) is 2.75. The average Bonchev–Trinajstić information content (AvgIpc) is 3.22. The monoisotopic (exact) mass is 366 g/mol. The van der Waals surface area contributed by atoms with E-state index in [0.29, 0.717) is 35.1 Å². The maximum absolute atomic E-state index is 11.0. The summed E-state index contributed by atoms with van der Waals surface area (Å²) in [5.41, 5.74) is 1.90. The molecule has 4 aromatic rings. The smallest absolute Gasteiger partial charge is 0.232 e. The Morgan fingerprint density at radius 2 is 2.19 bits per heavy atom. The van der Waals surface area contributed by atoms with Crippen LogP contribution in [0.4, 0.5) is 0 Å². The van der Waals surface area contributed by atoms with Crippen LogP contribution in [-0.4, -0.2) is 38.3 Å². The summed E-state index contributed by atoms with van der Waals surface area (Å²) in [5.74, 6) is 1.03. The zero-order valence-corrected chi connectivity index (χ0v) is 14.8. The number of imidazole rings is 1. The molecule has 0 aliphatic rings. The Kier molecular flexibility index (Phi) is 4.15. The van der Waals surface area contributed by atoms with Gasteiger partial charge in [-0.25, -0.2) is 9.50 Å². The molecule has 0 radical (unpaired) electrons. The largest absolute Gasteiger partial charge is 0.508 e. The van der Waals surface area contributed by atoms with E-state index in [-0.39, 0.29) is 17.8 Å². The molecule has 0 fully saturated rings. The lowest BCUT2D eigenvalue weighted by atomic mass is 10.2. The van der Waals surface area contributed by atoms with Crippen molar-refractivity contribution in [3.63, 3.8) is 0 Å². The van der Waals surface area contributed by atoms with E-state index in [0.717, 1.165) is 5.39 Å². The quantitative estimate of drug-likeness (QED) is 0.563. The third kappa shape index (κ3) is 3.41. The normalized spacial score (nSPS) is 12.4. The molecule has 1 aromatic carbocycles. The van der Waals surface area contributed by atoms with E-state index >= 15 is 0 Å². The van der Waals surface area contributed by atoms with Crippen molar-refractivity contribution in [2.75, 3.05) is 6.54 Å². The maximum Gasteiger partial charge on any atom is 0.232 e. The number of aromatic hydroxyl groups is 1. The van der Waals surface area contributed by atoms with Crippen LogP contribution in [0.25, 0.3) is 28.1 Å². The topological polar surface area (TPSA) is 102 Å². The molecular formula is C19H18N4O4. The number of amides is 1. The highest BCUT2D eigenvalue weighted by Gasteiger charge is 2.14. The highest BCUT2D eigenvalue weighted by molar-refractivity contribution is 5.83. The number of carbonyl (C=O) groups excluding carboxylic acids is 1. The first kappa shape index (κ1) is 16.9. The van der Waals surface area contributed by atoms with Crippen LogP contribution in [-0.2, 0) is 4.79 Å². The molecule has 0 spiro atoms. The zero-order valence-electron chi connectivity index (χ0n) is 14.8. The summed E-state index contributed by atoms with van der Waals surface area (Å²) >= 11 is 0. The number of hydrogen-bond donors (Lipinski definition) is 2. The summed E-state index contributed by atoms with van der Waals surface area (Å²) in [6.07, 6.45) is 1.43. The molecule has 0 aliphatic heterocycles. The van der Waals surface area contributed by atoms with Gasteiger partial charge < -0.3 is 19.6 Å². The summed E-state index contributed by atoms with van der Waals surface area (Å²) in [4.78, 5) is 15.4. The van der Waals surface area contributed by atoms with Gasteiger partial charge in [-0.1, -0.05) is 0 Å². The molecule has 1 atom stereocenters. The standard InChI is InChI=1S/C19H18N4O4/c1-11(9-20-12(2)24)26-19-6-5-18-21-10-15(23(18)22-19)17-7-13-3-4-14(25)8-16(13)27-17/h3-8,10-11,25H,9H2,1-2H3,(H,20,24)/t11-/m1/s1. The maximum atomic E-state index is 11.0. The summed E-state index contributed by atoms with van der Waals surface area (Å²) in [6.45, 7) is 3.70. The fourth-order valence-corrected chi connectivity index (χ4v) is 2.77. The van der Waals surface area contributed by atoms with Crippen molar-refractivity contribution in [1.82, 2.24) is 19.9 Å². The van der Waals surface area contributed by atoms with Crippen molar-refractivity contribution < 1.29 is 19.1 Å². The number of hydrogen-bond acceptors (Lipinski definition) is 6. The molecule has 2 N–H and O–H groups in total. The lowest BCUT2D eigenvalue weighted by Crippen LogP contribution is -2.32. The highest BCUT2D eigenvalue weighted by atomic mass is 16.5. The molecule has 27 heavy (non-hydrogen) atoms. The summed E-state index contributed by atoms with van der Waals surface area (Å²) in [7, 11) is 0. The molecule has 0 unspecified atom stereocenters. The van der Waals surface area contributed by atoms with Crippen LogP contribution >= 0.6 is 0 Å². The Morgan fingerprint density at radius 3 is 3.00 bits per heavy atom. The van der Waals surface area contributed by atoms with E-state index in [1.54, 1.807) is 41.0 Å². The van der Waals surface area contributed by atoms with Crippen LogP contribution in [0.2, 0.25) is 0 Å². The van der Waals surface area contributed by atoms with E-state index < -0.39 is 0 Å². The minimum atomic E-state index is -0.236. The van der Waals surface area contributed by atoms with E-state index in [2.05, 4.69) is 15.4 Å². The first-order valence-corrected chi connectivity index (χ1v) is 8.48. The average molecular weight is 366 g/mol. The van der Waals surface area contributed by atoms with Crippen molar-refractivity contribution >= 4 is 22.5 Å². The number of nitrogens with zero attached hydrogens (tertiary/aromatic N) is 3. The minimum absolute atomic E-state index is 0.110. The molecule has 0 saturated carbocycles. The van der Waals surface area contributed by atoms with Crippen molar-refractivity contribution in [3.05, 3.63) is 42.6 Å². The van der Waals surface area contributed by atoms with Gasteiger partial charge in [-0.15, -0.1) is 5.10 Å². The zero-order chi connectivity index (χ0) is 19.0. The van der Waals surface area contributed by atoms with Gasteiger partial charge in [-0.2, -0.15) is 0 Å². The number of nitrogens with one attached hydrogen (secondary N) is 1. The number of fused-ring (bicyclic) bond motifs is 2. The number of phenols is 1. The number of benzene rings is 1. The third-order valence-electron chi connectivity index (χ3n) is 4.05. The van der Waals surface area contributed by atoms with Crippen molar-refractivity contribution in [1.29, 1.82) is 0 Å². The van der Waals surface area contributed by atoms with Crippen LogP contribution in [0, 0.1) is 0 Å². The molecule has 138 valence electrons. The first-order valence-electron chi connectivity index (χ1n) is 8.48. The van der Waals surface area contributed by atoms with Crippen LogP contribution in [0.1, 0.15) is 13.8 Å². The van der Waals surface area contributed by atoms with Gasteiger partial charge >= 0.3 is 0 Å². The van der Waals surface area contributed by atoms with E-state index in [9.17, 15) is 9.90 Å². The Bertz CT molecular complexity index is 1130. The minimum Gasteiger partial charge on any atom is -0.508 e. The fourth-order valence-electron chi connectivity index (χ4n) is 2.77. The van der Waals surface area contributed by atoms with Crippen LogP contribution in [0.5, 0.6) is 11.6 Å². The molecule has 8 nitrogen and oxygen atoms in total. The number of carbonyl (C=O) groups is 1. The number of furan rings is 1. The lowest BCUT2D eigenvalue weighted by Gasteiger charge is -2.14. The van der Waals surface area contributed by atoms with E-state index in [4.69, 9.17) is 9.15 Å².